The summed E-state index contributed by atoms with van der Waals surface area (Å²) in [7, 11) is 0. The Labute approximate surface area is 177 Å². The number of benzene rings is 2. The van der Waals surface area contributed by atoms with Gasteiger partial charge in [-0.15, -0.1) is 0 Å². The monoisotopic (exact) mass is 472 g/mol. The van der Waals surface area contributed by atoms with E-state index in [4.69, 9.17) is 4.52 Å². The highest BCUT2D eigenvalue weighted by Gasteiger charge is 2.18. The van der Waals surface area contributed by atoms with Crippen LogP contribution in [0.2, 0.25) is 0 Å². The molecule has 2 aromatic heterocycles. The lowest BCUT2D eigenvalue weighted by atomic mass is 10.2. The highest BCUT2D eigenvalue weighted by atomic mass is 79.9. The van der Waals surface area contributed by atoms with Crippen LogP contribution in [0.5, 0.6) is 0 Å². The first-order valence-corrected chi connectivity index (χ1v) is 9.37. The van der Waals surface area contributed by atoms with Crippen molar-refractivity contribution in [1.82, 2.24) is 10.1 Å². The number of carbonyl (C=O) groups is 1. The Balaban J connectivity index is 1.50. The third-order valence-corrected chi connectivity index (χ3v) is 4.78. The number of nitrogens with zero attached hydrogens (tertiary/aromatic N) is 2. The lowest BCUT2D eigenvalue weighted by Crippen LogP contribution is -2.22. The fourth-order valence-corrected chi connectivity index (χ4v) is 3.17. The first kappa shape index (κ1) is 19.5. The molecule has 0 fully saturated rings. The fraction of sp³-hybridized carbons (Fsp3) is 0. The van der Waals surface area contributed by atoms with Gasteiger partial charge in [-0.1, -0.05) is 28.5 Å². The highest BCUT2D eigenvalue weighted by molar-refractivity contribution is 9.10. The maximum Gasteiger partial charge on any atom is 0.325 e. The fourth-order valence-electron chi connectivity index (χ4n) is 2.79. The number of amides is 2. The van der Waals surface area contributed by atoms with E-state index in [1.807, 2.05) is 24.3 Å². The number of amidine groups is 1. The van der Waals surface area contributed by atoms with Gasteiger partial charge in [-0.25, -0.2) is 9.18 Å². The third kappa shape index (κ3) is 3.96. The summed E-state index contributed by atoms with van der Waals surface area (Å²) in [4.78, 5) is 15.5. The van der Waals surface area contributed by atoms with Gasteiger partial charge in [0.25, 0.3) is 0 Å². The molecule has 2 amide bonds. The Morgan fingerprint density at radius 2 is 2.03 bits per heavy atom. The number of fused-ring (bicyclic) bond motifs is 1. The quantitative estimate of drug-likeness (QED) is 0.124. The minimum absolute atomic E-state index is 0.0221. The van der Waals surface area contributed by atoms with Gasteiger partial charge < -0.3 is 25.3 Å². The molecule has 0 saturated carbocycles. The van der Waals surface area contributed by atoms with Crippen LogP contribution in [0.3, 0.4) is 0 Å². The molecule has 0 spiro atoms. The number of aromatic amines is 1. The molecule has 0 radical (unpaired) electrons. The first-order valence-electron chi connectivity index (χ1n) is 8.58. The summed E-state index contributed by atoms with van der Waals surface area (Å²) in [6.07, 6.45) is 2.87. The van der Waals surface area contributed by atoms with Crippen molar-refractivity contribution in [3.63, 3.8) is 0 Å². The number of anilines is 3. The van der Waals surface area contributed by atoms with E-state index in [0.717, 1.165) is 10.9 Å². The van der Waals surface area contributed by atoms with Crippen molar-refractivity contribution < 1.29 is 18.9 Å². The predicted molar refractivity (Wildman–Crippen MR) is 113 cm³/mol. The lowest BCUT2D eigenvalue weighted by molar-refractivity contribution is 0.262. The third-order valence-electron chi connectivity index (χ3n) is 4.18. The van der Waals surface area contributed by atoms with E-state index < -0.39 is 11.8 Å². The molecule has 0 aliphatic rings. The van der Waals surface area contributed by atoms with Crippen molar-refractivity contribution >= 4 is 55.9 Å². The molecule has 4 aromatic rings. The zero-order valence-electron chi connectivity index (χ0n) is 15.1. The summed E-state index contributed by atoms with van der Waals surface area (Å²) in [5, 5.41) is 25.2. The van der Waals surface area contributed by atoms with Crippen LogP contribution in [0.1, 0.15) is 5.56 Å². The minimum Gasteiger partial charge on any atom is -0.409 e. The second-order valence-corrected chi connectivity index (χ2v) is 6.96. The zero-order valence-corrected chi connectivity index (χ0v) is 16.7. The molecule has 11 heteroatoms. The van der Waals surface area contributed by atoms with Crippen molar-refractivity contribution in [3.8, 4) is 0 Å². The number of carbonyl (C=O) groups excluding carboxylic acids is 1. The second kappa shape index (κ2) is 8.25. The summed E-state index contributed by atoms with van der Waals surface area (Å²) in [5.41, 5.74) is 2.08. The van der Waals surface area contributed by atoms with Gasteiger partial charge in [-0.2, -0.15) is 0 Å². The maximum absolute atomic E-state index is 13.4. The molecule has 9 nitrogen and oxygen atoms in total. The van der Waals surface area contributed by atoms with E-state index in [1.165, 1.54) is 24.5 Å². The first-order chi connectivity index (χ1) is 14.5. The normalized spacial score (nSPS) is 11.5. The van der Waals surface area contributed by atoms with Gasteiger partial charge in [0.05, 0.1) is 10.2 Å². The number of hydrogen-bond acceptors (Lipinski definition) is 5. The molecule has 2 aromatic carbocycles. The van der Waals surface area contributed by atoms with Crippen LogP contribution in [0, 0.1) is 5.82 Å². The van der Waals surface area contributed by atoms with Crippen LogP contribution in [0.25, 0.3) is 10.9 Å². The summed E-state index contributed by atoms with van der Waals surface area (Å²) in [6, 6.07) is 11.1. The SMILES string of the molecule is O=C(Nc1nocc1/C(=N/O)Nc1ccc(F)c(Br)c1)Nc1c[nH]c2ccccc12. The van der Waals surface area contributed by atoms with Crippen molar-refractivity contribution in [3.05, 3.63) is 70.8 Å². The van der Waals surface area contributed by atoms with Gasteiger partial charge in [-0.3, -0.25) is 5.32 Å². The Morgan fingerprint density at radius 1 is 1.20 bits per heavy atom. The number of para-hydroxylation sites is 1. The molecule has 0 unspecified atom stereocenters. The Morgan fingerprint density at radius 3 is 2.83 bits per heavy atom. The average Bonchev–Trinajstić information content (AvgIpc) is 3.36. The van der Waals surface area contributed by atoms with Crippen LogP contribution < -0.4 is 16.0 Å². The standard InChI is InChI=1S/C19H14BrFN6O3/c20-13-7-10(5-6-14(13)21)23-17(26-29)12-9-30-27-18(12)25-19(28)24-16-8-22-15-4-2-1-3-11(15)16/h1-9,22,29H,(H,23,26)(H2,24,25,27,28). The van der Waals surface area contributed by atoms with Crippen LogP contribution in [-0.2, 0) is 0 Å². The van der Waals surface area contributed by atoms with Crippen molar-refractivity contribution in [2.24, 2.45) is 5.16 Å². The van der Waals surface area contributed by atoms with Crippen LogP contribution in [-0.4, -0.2) is 27.2 Å². The smallest absolute Gasteiger partial charge is 0.325 e. The topological polar surface area (TPSA) is 128 Å². The Hall–Kier alpha value is -3.86. The molecule has 0 saturated heterocycles. The van der Waals surface area contributed by atoms with Gasteiger partial charge in [0.15, 0.2) is 11.7 Å². The molecule has 0 aliphatic heterocycles. The summed E-state index contributed by atoms with van der Waals surface area (Å²) < 4.78 is 18.6. The molecule has 152 valence electrons. The number of aromatic nitrogens is 2. The molecule has 0 atom stereocenters. The molecule has 0 bridgehead atoms. The van der Waals surface area contributed by atoms with Crippen molar-refractivity contribution in [2.75, 3.05) is 16.0 Å². The van der Waals surface area contributed by atoms with E-state index in [2.05, 4.69) is 47.2 Å². The number of urea groups is 1. The Bertz CT molecular complexity index is 1250. The van der Waals surface area contributed by atoms with Gasteiger partial charge >= 0.3 is 6.03 Å². The molecule has 30 heavy (non-hydrogen) atoms. The van der Waals surface area contributed by atoms with E-state index in [9.17, 15) is 14.4 Å². The average molecular weight is 473 g/mol. The summed E-state index contributed by atoms with van der Waals surface area (Å²) in [5.74, 6) is -0.477. The molecule has 4 rings (SSSR count). The molecular weight excluding hydrogens is 459 g/mol. The van der Waals surface area contributed by atoms with Gasteiger partial charge in [0.2, 0.25) is 0 Å². The lowest BCUT2D eigenvalue weighted by Gasteiger charge is -2.09. The maximum atomic E-state index is 13.4. The van der Waals surface area contributed by atoms with E-state index in [1.54, 1.807) is 6.20 Å². The van der Waals surface area contributed by atoms with E-state index in [0.29, 0.717) is 11.4 Å². The number of halogens is 2. The number of rotatable bonds is 4. The molecule has 2 heterocycles. The number of H-pyrrole nitrogens is 1. The largest absolute Gasteiger partial charge is 0.409 e. The summed E-state index contributed by atoms with van der Waals surface area (Å²) >= 11 is 3.08. The second-order valence-electron chi connectivity index (χ2n) is 6.11. The molecule has 5 N–H and O–H groups in total. The van der Waals surface area contributed by atoms with E-state index in [-0.39, 0.29) is 21.7 Å². The van der Waals surface area contributed by atoms with Crippen LogP contribution >= 0.6 is 15.9 Å². The number of nitrogens with one attached hydrogen (secondary N) is 4. The number of hydrogen-bond donors (Lipinski definition) is 5. The van der Waals surface area contributed by atoms with Crippen molar-refractivity contribution in [1.29, 1.82) is 0 Å². The van der Waals surface area contributed by atoms with Gasteiger partial charge in [-0.05, 0) is 40.2 Å². The number of oxime groups is 1. The van der Waals surface area contributed by atoms with Crippen LogP contribution in [0.4, 0.5) is 26.4 Å². The zero-order chi connectivity index (χ0) is 21.1. The summed E-state index contributed by atoms with van der Waals surface area (Å²) in [6.45, 7) is 0. The molecular formula is C19H14BrFN6O3. The van der Waals surface area contributed by atoms with E-state index >= 15 is 0 Å². The van der Waals surface area contributed by atoms with Gasteiger partial charge in [0, 0.05) is 22.8 Å². The Kier molecular flexibility index (Phi) is 5.35. The predicted octanol–water partition coefficient (Wildman–Crippen LogP) is 4.95. The highest BCUT2D eigenvalue weighted by Crippen LogP contribution is 2.24. The van der Waals surface area contributed by atoms with Crippen LogP contribution in [0.15, 0.2) is 69.1 Å². The van der Waals surface area contributed by atoms with Crippen molar-refractivity contribution in [2.45, 2.75) is 0 Å². The van der Waals surface area contributed by atoms with Gasteiger partial charge in [0.1, 0.15) is 17.6 Å². The molecule has 0 aliphatic carbocycles. The minimum atomic E-state index is -0.572.